The summed E-state index contributed by atoms with van der Waals surface area (Å²) in [6.07, 6.45) is 2.08. The smallest absolute Gasteiger partial charge is 0.0458 e. The Balaban J connectivity index is 2.67. The standard InChI is InChI=1S/C12H15BrN2/c1-12(2,14-3)10-7-15-11-5-4-8(13)6-9(10)11/h4-7,14-15H,1-3H3. The van der Waals surface area contributed by atoms with Crippen LogP contribution in [-0.2, 0) is 5.54 Å². The van der Waals surface area contributed by atoms with Crippen LogP contribution in [0.25, 0.3) is 10.9 Å². The highest BCUT2D eigenvalue weighted by atomic mass is 79.9. The Morgan fingerprint density at radius 3 is 2.73 bits per heavy atom. The zero-order valence-electron chi connectivity index (χ0n) is 9.19. The quantitative estimate of drug-likeness (QED) is 0.857. The van der Waals surface area contributed by atoms with Crippen LogP contribution in [0.2, 0.25) is 0 Å². The van der Waals surface area contributed by atoms with Crippen molar-refractivity contribution in [3.8, 4) is 0 Å². The van der Waals surface area contributed by atoms with E-state index in [-0.39, 0.29) is 5.54 Å². The third-order valence-electron chi connectivity index (χ3n) is 2.94. The van der Waals surface area contributed by atoms with Gasteiger partial charge in [-0.25, -0.2) is 0 Å². The summed E-state index contributed by atoms with van der Waals surface area (Å²) in [4.78, 5) is 3.29. The fourth-order valence-electron chi connectivity index (χ4n) is 1.74. The third kappa shape index (κ3) is 1.82. The van der Waals surface area contributed by atoms with Crippen LogP contribution in [0.4, 0.5) is 0 Å². The zero-order valence-corrected chi connectivity index (χ0v) is 10.8. The summed E-state index contributed by atoms with van der Waals surface area (Å²) in [6.45, 7) is 4.35. The first-order chi connectivity index (χ1) is 7.04. The van der Waals surface area contributed by atoms with E-state index in [9.17, 15) is 0 Å². The first-order valence-corrected chi connectivity index (χ1v) is 5.80. The van der Waals surface area contributed by atoms with Crippen LogP contribution >= 0.6 is 15.9 Å². The Kier molecular flexibility index (Phi) is 2.61. The van der Waals surface area contributed by atoms with Crippen molar-refractivity contribution in [1.29, 1.82) is 0 Å². The molecule has 2 aromatic rings. The lowest BCUT2D eigenvalue weighted by atomic mass is 9.94. The van der Waals surface area contributed by atoms with Crippen LogP contribution in [0, 0.1) is 0 Å². The van der Waals surface area contributed by atoms with Crippen LogP contribution in [0.3, 0.4) is 0 Å². The molecule has 0 aliphatic rings. The van der Waals surface area contributed by atoms with Gasteiger partial charge in [0.2, 0.25) is 0 Å². The number of aromatic amines is 1. The Labute approximate surface area is 98.2 Å². The number of benzene rings is 1. The summed E-state index contributed by atoms with van der Waals surface area (Å²) >= 11 is 3.51. The van der Waals surface area contributed by atoms with Crippen molar-refractivity contribution in [3.05, 3.63) is 34.4 Å². The maximum Gasteiger partial charge on any atom is 0.0458 e. The van der Waals surface area contributed by atoms with Gasteiger partial charge < -0.3 is 10.3 Å². The maximum atomic E-state index is 3.51. The molecule has 3 heteroatoms. The predicted octanol–water partition coefficient (Wildman–Crippen LogP) is 3.38. The molecule has 2 N–H and O–H groups in total. The Hall–Kier alpha value is -0.800. The van der Waals surface area contributed by atoms with E-state index < -0.39 is 0 Å². The van der Waals surface area contributed by atoms with Gasteiger partial charge >= 0.3 is 0 Å². The third-order valence-corrected chi connectivity index (χ3v) is 3.44. The van der Waals surface area contributed by atoms with Crippen molar-refractivity contribution in [1.82, 2.24) is 10.3 Å². The van der Waals surface area contributed by atoms with Crippen molar-refractivity contribution in [2.24, 2.45) is 0 Å². The molecule has 0 aliphatic carbocycles. The lowest BCUT2D eigenvalue weighted by molar-refractivity contribution is 0.448. The van der Waals surface area contributed by atoms with Gasteiger partial charge in [0.05, 0.1) is 0 Å². The van der Waals surface area contributed by atoms with Gasteiger partial charge in [-0.1, -0.05) is 15.9 Å². The average molecular weight is 267 g/mol. The molecule has 0 radical (unpaired) electrons. The van der Waals surface area contributed by atoms with Crippen molar-refractivity contribution < 1.29 is 0 Å². The molecule has 0 bridgehead atoms. The minimum absolute atomic E-state index is 0.0148. The lowest BCUT2D eigenvalue weighted by Crippen LogP contribution is -2.32. The molecule has 80 valence electrons. The van der Waals surface area contributed by atoms with E-state index in [1.807, 2.05) is 7.05 Å². The molecule has 1 heterocycles. The van der Waals surface area contributed by atoms with Gasteiger partial charge in [-0.3, -0.25) is 0 Å². The molecule has 15 heavy (non-hydrogen) atoms. The number of rotatable bonds is 2. The molecule has 0 saturated heterocycles. The van der Waals surface area contributed by atoms with Crippen LogP contribution in [0.5, 0.6) is 0 Å². The normalized spacial score (nSPS) is 12.3. The molecule has 0 aliphatic heterocycles. The number of hydrogen-bond donors (Lipinski definition) is 2. The van der Waals surface area contributed by atoms with Gasteiger partial charge in [-0.2, -0.15) is 0 Å². The van der Waals surface area contributed by atoms with E-state index in [1.54, 1.807) is 0 Å². The van der Waals surface area contributed by atoms with Crippen molar-refractivity contribution in [2.45, 2.75) is 19.4 Å². The van der Waals surface area contributed by atoms with Crippen molar-refractivity contribution in [2.75, 3.05) is 7.05 Å². The fraction of sp³-hybridized carbons (Fsp3) is 0.333. The first kappa shape index (κ1) is 10.7. The predicted molar refractivity (Wildman–Crippen MR) is 68.1 cm³/mol. The average Bonchev–Trinajstić information content (AvgIpc) is 2.61. The molecule has 0 spiro atoms. The molecule has 0 atom stereocenters. The van der Waals surface area contributed by atoms with Crippen molar-refractivity contribution >= 4 is 26.8 Å². The number of hydrogen-bond acceptors (Lipinski definition) is 1. The van der Waals surface area contributed by atoms with E-state index in [2.05, 4.69) is 64.5 Å². The number of H-pyrrole nitrogens is 1. The van der Waals surface area contributed by atoms with E-state index in [0.29, 0.717) is 0 Å². The van der Waals surface area contributed by atoms with Crippen LogP contribution < -0.4 is 5.32 Å². The zero-order chi connectivity index (χ0) is 11.1. The molecule has 2 rings (SSSR count). The molecule has 0 fully saturated rings. The highest BCUT2D eigenvalue weighted by molar-refractivity contribution is 9.10. The molecule has 1 aromatic carbocycles. The van der Waals surface area contributed by atoms with Gasteiger partial charge in [0.15, 0.2) is 0 Å². The van der Waals surface area contributed by atoms with E-state index >= 15 is 0 Å². The van der Waals surface area contributed by atoms with Crippen LogP contribution in [0.15, 0.2) is 28.9 Å². The summed E-state index contributed by atoms with van der Waals surface area (Å²) in [5.74, 6) is 0. The number of aromatic nitrogens is 1. The molecule has 0 unspecified atom stereocenters. The van der Waals surface area contributed by atoms with Gasteiger partial charge in [-0.15, -0.1) is 0 Å². The second kappa shape index (κ2) is 3.65. The van der Waals surface area contributed by atoms with E-state index in [0.717, 1.165) is 4.47 Å². The second-order valence-corrected chi connectivity index (χ2v) is 5.18. The van der Waals surface area contributed by atoms with Gasteiger partial charge in [0.1, 0.15) is 0 Å². The molecular weight excluding hydrogens is 252 g/mol. The molecule has 0 saturated carbocycles. The fourth-order valence-corrected chi connectivity index (χ4v) is 2.11. The minimum atomic E-state index is -0.0148. The highest BCUT2D eigenvalue weighted by Gasteiger charge is 2.21. The number of fused-ring (bicyclic) bond motifs is 1. The molecular formula is C12H15BrN2. The topological polar surface area (TPSA) is 27.8 Å². The summed E-state index contributed by atoms with van der Waals surface area (Å²) in [5.41, 5.74) is 2.46. The van der Waals surface area contributed by atoms with E-state index in [1.165, 1.54) is 16.5 Å². The molecule has 0 amide bonds. The monoisotopic (exact) mass is 266 g/mol. The number of halogens is 1. The van der Waals surface area contributed by atoms with E-state index in [4.69, 9.17) is 0 Å². The Morgan fingerprint density at radius 1 is 1.33 bits per heavy atom. The SMILES string of the molecule is CNC(C)(C)c1c[nH]c2ccc(Br)cc12. The minimum Gasteiger partial charge on any atom is -0.361 e. The summed E-state index contributed by atoms with van der Waals surface area (Å²) < 4.78 is 1.11. The summed E-state index contributed by atoms with van der Waals surface area (Å²) in [6, 6.07) is 6.30. The molecule has 2 nitrogen and oxygen atoms in total. The molecule has 1 aromatic heterocycles. The van der Waals surface area contributed by atoms with Gasteiger partial charge in [0, 0.05) is 27.1 Å². The lowest BCUT2D eigenvalue weighted by Gasteiger charge is -2.23. The van der Waals surface area contributed by atoms with Crippen LogP contribution in [-0.4, -0.2) is 12.0 Å². The Bertz CT molecular complexity index is 485. The van der Waals surface area contributed by atoms with Crippen LogP contribution in [0.1, 0.15) is 19.4 Å². The maximum absolute atomic E-state index is 3.51. The van der Waals surface area contributed by atoms with Gasteiger partial charge in [-0.05, 0) is 44.7 Å². The second-order valence-electron chi connectivity index (χ2n) is 4.27. The number of nitrogens with one attached hydrogen (secondary N) is 2. The summed E-state index contributed by atoms with van der Waals surface area (Å²) in [7, 11) is 1.98. The Morgan fingerprint density at radius 2 is 2.07 bits per heavy atom. The van der Waals surface area contributed by atoms with Gasteiger partial charge in [0.25, 0.3) is 0 Å². The van der Waals surface area contributed by atoms with Crippen molar-refractivity contribution in [3.63, 3.8) is 0 Å². The largest absolute Gasteiger partial charge is 0.361 e. The summed E-state index contributed by atoms with van der Waals surface area (Å²) in [5, 5.41) is 4.59. The first-order valence-electron chi connectivity index (χ1n) is 5.00. The highest BCUT2D eigenvalue weighted by Crippen LogP contribution is 2.29.